The zero-order valence-electron chi connectivity index (χ0n) is 12.7. The first-order chi connectivity index (χ1) is 12.0. The number of ether oxygens (including phenoxy) is 2. The van der Waals surface area contributed by atoms with E-state index in [1.54, 1.807) is 24.3 Å². The van der Waals surface area contributed by atoms with E-state index in [4.69, 9.17) is 21.1 Å². The Morgan fingerprint density at radius 1 is 1.32 bits per heavy atom. The number of fused-ring (bicyclic) bond motifs is 1. The maximum atomic E-state index is 12.1. The molecule has 0 saturated carbocycles. The number of para-hydroxylation sites is 2. The van der Waals surface area contributed by atoms with Gasteiger partial charge < -0.3 is 9.47 Å². The van der Waals surface area contributed by atoms with E-state index in [1.807, 2.05) is 0 Å². The summed E-state index contributed by atoms with van der Waals surface area (Å²) in [5, 5.41) is 14.8. The highest BCUT2D eigenvalue weighted by Gasteiger charge is 2.27. The Labute approximate surface area is 147 Å². The minimum Gasteiger partial charge on any atom is -0.485 e. The summed E-state index contributed by atoms with van der Waals surface area (Å²) in [5.74, 6) is 0.533. The summed E-state index contributed by atoms with van der Waals surface area (Å²) < 4.78 is 11.0. The number of nitrogens with zero attached hydrogens (tertiary/aromatic N) is 2. The van der Waals surface area contributed by atoms with Gasteiger partial charge in [-0.1, -0.05) is 23.7 Å². The van der Waals surface area contributed by atoms with Gasteiger partial charge in [-0.25, -0.2) is 5.43 Å². The number of benzene rings is 2. The van der Waals surface area contributed by atoms with Gasteiger partial charge >= 0.3 is 0 Å². The molecule has 0 aliphatic carbocycles. The Morgan fingerprint density at radius 3 is 2.84 bits per heavy atom. The number of rotatable bonds is 4. The third-order valence-electron chi connectivity index (χ3n) is 3.37. The van der Waals surface area contributed by atoms with Crippen LogP contribution in [0.25, 0.3) is 0 Å². The molecule has 3 rings (SSSR count). The Morgan fingerprint density at radius 2 is 2.08 bits per heavy atom. The van der Waals surface area contributed by atoms with Crippen LogP contribution in [0.3, 0.4) is 0 Å². The second-order valence-corrected chi connectivity index (χ2v) is 5.47. The van der Waals surface area contributed by atoms with Crippen LogP contribution in [-0.2, 0) is 4.79 Å². The molecule has 1 aliphatic rings. The molecular formula is C16H12ClN3O5. The lowest BCUT2D eigenvalue weighted by Gasteiger charge is -2.24. The van der Waals surface area contributed by atoms with Gasteiger partial charge in [0.1, 0.15) is 6.61 Å². The van der Waals surface area contributed by atoms with Crippen LogP contribution in [-0.4, -0.2) is 29.8 Å². The molecule has 0 radical (unpaired) electrons. The van der Waals surface area contributed by atoms with Crippen molar-refractivity contribution in [3.63, 3.8) is 0 Å². The van der Waals surface area contributed by atoms with Crippen LogP contribution in [0.2, 0.25) is 5.02 Å². The van der Waals surface area contributed by atoms with Gasteiger partial charge in [-0.3, -0.25) is 14.9 Å². The minimum atomic E-state index is -0.854. The molecule has 0 fully saturated rings. The van der Waals surface area contributed by atoms with Crippen LogP contribution in [0.15, 0.2) is 47.6 Å². The highest BCUT2D eigenvalue weighted by atomic mass is 35.5. The molecule has 1 N–H and O–H groups in total. The number of carbonyl (C=O) groups excluding carboxylic acids is 1. The summed E-state index contributed by atoms with van der Waals surface area (Å²) >= 11 is 5.95. The third kappa shape index (κ3) is 3.86. The van der Waals surface area contributed by atoms with Crippen molar-refractivity contribution in [2.75, 3.05) is 6.61 Å². The summed E-state index contributed by atoms with van der Waals surface area (Å²) in [6, 6.07) is 10.9. The lowest BCUT2D eigenvalue weighted by atomic mass is 10.2. The Bertz CT molecular complexity index is 855. The first kappa shape index (κ1) is 16.7. The van der Waals surface area contributed by atoms with E-state index in [-0.39, 0.29) is 17.3 Å². The zero-order chi connectivity index (χ0) is 17.8. The molecule has 128 valence electrons. The number of halogens is 1. The van der Waals surface area contributed by atoms with Crippen molar-refractivity contribution in [1.29, 1.82) is 0 Å². The summed E-state index contributed by atoms with van der Waals surface area (Å²) in [6.45, 7) is 0.0515. The van der Waals surface area contributed by atoms with Crippen molar-refractivity contribution in [3.8, 4) is 11.5 Å². The van der Waals surface area contributed by atoms with Crippen molar-refractivity contribution in [3.05, 3.63) is 63.2 Å². The molecular weight excluding hydrogens is 350 g/mol. The number of carbonyl (C=O) groups is 1. The fraction of sp³-hybridized carbons (Fsp3) is 0.125. The van der Waals surface area contributed by atoms with Crippen molar-refractivity contribution in [1.82, 2.24) is 5.43 Å². The lowest BCUT2D eigenvalue weighted by molar-refractivity contribution is -0.384. The number of hydrogen-bond donors (Lipinski definition) is 1. The Kier molecular flexibility index (Phi) is 4.80. The van der Waals surface area contributed by atoms with Crippen LogP contribution < -0.4 is 14.9 Å². The first-order valence-electron chi connectivity index (χ1n) is 7.20. The maximum Gasteiger partial charge on any atom is 0.284 e. The number of hydrogen-bond acceptors (Lipinski definition) is 6. The van der Waals surface area contributed by atoms with E-state index in [1.165, 1.54) is 24.4 Å². The topological polar surface area (TPSA) is 103 Å². The number of nitrogens with one attached hydrogen (secondary N) is 1. The first-order valence-corrected chi connectivity index (χ1v) is 7.58. The SMILES string of the molecule is O=C(N/N=C\c1cc([N+](=O)[O-])ccc1Cl)[C@@H]1COc2ccccc2O1. The molecule has 2 aromatic rings. The molecule has 0 unspecified atom stereocenters. The number of nitro benzene ring substituents is 1. The highest BCUT2D eigenvalue weighted by molar-refractivity contribution is 6.33. The summed E-state index contributed by atoms with van der Waals surface area (Å²) in [5.41, 5.74) is 2.49. The van der Waals surface area contributed by atoms with Gasteiger partial charge in [0.25, 0.3) is 11.6 Å². The molecule has 0 spiro atoms. The third-order valence-corrected chi connectivity index (χ3v) is 3.71. The smallest absolute Gasteiger partial charge is 0.284 e. The average molecular weight is 362 g/mol. The fourth-order valence-electron chi connectivity index (χ4n) is 2.13. The van der Waals surface area contributed by atoms with Gasteiger partial charge in [0, 0.05) is 22.7 Å². The summed E-state index contributed by atoms with van der Waals surface area (Å²) in [7, 11) is 0. The Hall–Kier alpha value is -3.13. The summed E-state index contributed by atoms with van der Waals surface area (Å²) in [4.78, 5) is 22.3. The maximum absolute atomic E-state index is 12.1. The van der Waals surface area contributed by atoms with Crippen LogP contribution in [0.5, 0.6) is 11.5 Å². The quantitative estimate of drug-likeness (QED) is 0.512. The van der Waals surface area contributed by atoms with Crippen molar-refractivity contribution >= 4 is 29.4 Å². The van der Waals surface area contributed by atoms with Crippen molar-refractivity contribution in [2.24, 2.45) is 5.10 Å². The standard InChI is InChI=1S/C16H12ClN3O5/c17-12-6-5-11(20(22)23)7-10(12)8-18-19-16(21)15-9-24-13-3-1-2-4-14(13)25-15/h1-8,15H,9H2,(H,19,21)/b18-8-/t15-/m0/s1. The van der Waals surface area contributed by atoms with Crippen LogP contribution in [0, 0.1) is 10.1 Å². The van der Waals surface area contributed by atoms with Gasteiger partial charge in [-0.15, -0.1) is 0 Å². The van der Waals surface area contributed by atoms with Crippen LogP contribution in [0.1, 0.15) is 5.56 Å². The fourth-order valence-corrected chi connectivity index (χ4v) is 2.30. The second kappa shape index (κ2) is 7.18. The van der Waals surface area contributed by atoms with E-state index in [9.17, 15) is 14.9 Å². The van der Waals surface area contributed by atoms with Crippen molar-refractivity contribution in [2.45, 2.75) is 6.10 Å². The monoisotopic (exact) mass is 361 g/mol. The van der Waals surface area contributed by atoms with E-state index >= 15 is 0 Å². The van der Waals surface area contributed by atoms with E-state index < -0.39 is 16.9 Å². The predicted octanol–water partition coefficient (Wildman–Crippen LogP) is 2.54. The molecule has 1 aliphatic heterocycles. The number of non-ortho nitro benzene ring substituents is 1. The van der Waals surface area contributed by atoms with Gasteiger partial charge in [0.15, 0.2) is 11.5 Å². The summed E-state index contributed by atoms with van der Waals surface area (Å²) in [6.07, 6.45) is 0.373. The molecule has 0 saturated heterocycles. The second-order valence-electron chi connectivity index (χ2n) is 5.06. The van der Waals surface area contributed by atoms with Gasteiger partial charge in [-0.05, 0) is 18.2 Å². The molecule has 2 aromatic carbocycles. The number of nitro groups is 1. The minimum absolute atomic E-state index is 0.0515. The molecule has 0 bridgehead atoms. The molecule has 0 aromatic heterocycles. The highest BCUT2D eigenvalue weighted by Crippen LogP contribution is 2.30. The van der Waals surface area contributed by atoms with Gasteiger partial charge in [0.05, 0.1) is 11.1 Å². The van der Waals surface area contributed by atoms with Gasteiger partial charge in [0.2, 0.25) is 6.10 Å². The Balaban J connectivity index is 1.64. The lowest BCUT2D eigenvalue weighted by Crippen LogP contribution is -2.42. The van der Waals surface area contributed by atoms with Crippen molar-refractivity contribution < 1.29 is 19.2 Å². The normalized spacial score (nSPS) is 15.8. The average Bonchev–Trinajstić information content (AvgIpc) is 2.62. The van der Waals surface area contributed by atoms with E-state index in [2.05, 4.69) is 10.5 Å². The number of amides is 1. The van der Waals surface area contributed by atoms with Crippen LogP contribution >= 0.6 is 11.6 Å². The molecule has 9 heteroatoms. The zero-order valence-corrected chi connectivity index (χ0v) is 13.5. The largest absolute Gasteiger partial charge is 0.485 e. The molecule has 25 heavy (non-hydrogen) atoms. The van der Waals surface area contributed by atoms with E-state index in [0.29, 0.717) is 17.1 Å². The van der Waals surface area contributed by atoms with Crippen LogP contribution in [0.4, 0.5) is 5.69 Å². The van der Waals surface area contributed by atoms with Gasteiger partial charge in [-0.2, -0.15) is 5.10 Å². The molecule has 1 amide bonds. The van der Waals surface area contributed by atoms with E-state index in [0.717, 1.165) is 0 Å². The number of hydrazone groups is 1. The molecule has 1 atom stereocenters. The molecule has 1 heterocycles. The predicted molar refractivity (Wildman–Crippen MR) is 90.2 cm³/mol. The molecule has 8 nitrogen and oxygen atoms in total.